The summed E-state index contributed by atoms with van der Waals surface area (Å²) in [5.41, 5.74) is 0. The molecule has 0 radical (unpaired) electrons. The summed E-state index contributed by atoms with van der Waals surface area (Å²) in [4.78, 5) is 10.5. The Hall–Kier alpha value is -1.17. The Bertz CT molecular complexity index is 432. The van der Waals surface area contributed by atoms with Gasteiger partial charge in [0.15, 0.2) is 0 Å². The first-order valence-electron chi connectivity index (χ1n) is 9.55. The van der Waals surface area contributed by atoms with Gasteiger partial charge in [-0.25, -0.2) is 0 Å². The van der Waals surface area contributed by atoms with Gasteiger partial charge in [0.2, 0.25) is 0 Å². The molecule has 0 aromatic heterocycles. The number of aliphatic carboxylic acids is 1. The molecule has 1 fully saturated rings. The normalized spacial score (nSPS) is 28.2. The monoisotopic (exact) mass is 354 g/mol. The molecule has 4 N–H and O–H groups in total. The van der Waals surface area contributed by atoms with E-state index in [1.807, 2.05) is 0 Å². The SMILES string of the molecule is CCCCCC=CCC1C(O)CC(O)C1C=CC(O)CCCC(=O)O. The van der Waals surface area contributed by atoms with Gasteiger partial charge in [0.25, 0.3) is 0 Å². The van der Waals surface area contributed by atoms with Crippen LogP contribution in [0, 0.1) is 11.8 Å². The molecule has 0 aromatic rings. The minimum atomic E-state index is -0.865. The van der Waals surface area contributed by atoms with E-state index in [-0.39, 0.29) is 18.3 Å². The Morgan fingerprint density at radius 2 is 1.92 bits per heavy atom. The van der Waals surface area contributed by atoms with Gasteiger partial charge >= 0.3 is 5.97 Å². The van der Waals surface area contributed by atoms with Crippen LogP contribution < -0.4 is 0 Å². The lowest BCUT2D eigenvalue weighted by atomic mass is 9.89. The van der Waals surface area contributed by atoms with E-state index in [4.69, 9.17) is 5.11 Å². The zero-order valence-corrected chi connectivity index (χ0v) is 15.3. The summed E-state index contributed by atoms with van der Waals surface area (Å²) < 4.78 is 0. The lowest BCUT2D eigenvalue weighted by Gasteiger charge is -2.19. The lowest BCUT2D eigenvalue weighted by molar-refractivity contribution is -0.137. The second kappa shape index (κ2) is 12.2. The predicted molar refractivity (Wildman–Crippen MR) is 98.1 cm³/mol. The van der Waals surface area contributed by atoms with Crippen LogP contribution in [0.4, 0.5) is 0 Å². The van der Waals surface area contributed by atoms with Gasteiger partial charge in [-0.2, -0.15) is 0 Å². The molecule has 5 unspecified atom stereocenters. The van der Waals surface area contributed by atoms with Crippen LogP contribution in [0.15, 0.2) is 24.3 Å². The Balaban J connectivity index is 2.47. The Labute approximate surface area is 151 Å². The maximum atomic E-state index is 10.5. The molecule has 5 nitrogen and oxygen atoms in total. The number of carboxylic acids is 1. The molecule has 0 heterocycles. The van der Waals surface area contributed by atoms with Crippen LogP contribution in [0.3, 0.4) is 0 Å². The van der Waals surface area contributed by atoms with Gasteiger partial charge < -0.3 is 20.4 Å². The highest BCUT2D eigenvalue weighted by Crippen LogP contribution is 2.36. The lowest BCUT2D eigenvalue weighted by Crippen LogP contribution is -2.20. The van der Waals surface area contributed by atoms with Gasteiger partial charge in [-0.15, -0.1) is 0 Å². The number of allylic oxidation sites excluding steroid dienone is 2. The molecule has 0 saturated heterocycles. The van der Waals surface area contributed by atoms with E-state index in [1.54, 1.807) is 12.2 Å². The second-order valence-corrected chi connectivity index (χ2v) is 7.05. The first kappa shape index (κ1) is 21.9. The average molecular weight is 354 g/mol. The number of carbonyl (C=O) groups is 1. The van der Waals surface area contributed by atoms with E-state index in [0.717, 1.165) is 6.42 Å². The maximum Gasteiger partial charge on any atom is 0.303 e. The number of rotatable bonds is 12. The molecular formula is C20H34O5. The molecule has 1 aliphatic carbocycles. The molecule has 5 heteroatoms. The summed E-state index contributed by atoms with van der Waals surface area (Å²) in [5.74, 6) is -1.08. The number of hydrogen-bond donors (Lipinski definition) is 4. The van der Waals surface area contributed by atoms with Crippen LogP contribution in [0.1, 0.15) is 64.7 Å². The standard InChI is InChI=1S/C20H34O5/c1-2-3-4-5-6-7-10-16-17(19(23)14-18(16)22)13-12-15(21)9-8-11-20(24)25/h6-7,12-13,15-19,21-23H,2-5,8-11,14H2,1H3,(H,24,25). The second-order valence-electron chi connectivity index (χ2n) is 7.05. The first-order valence-corrected chi connectivity index (χ1v) is 9.55. The van der Waals surface area contributed by atoms with Crippen molar-refractivity contribution in [3.05, 3.63) is 24.3 Å². The molecule has 0 bridgehead atoms. The third-order valence-corrected chi connectivity index (χ3v) is 4.91. The topological polar surface area (TPSA) is 98.0 Å². The summed E-state index contributed by atoms with van der Waals surface area (Å²) in [7, 11) is 0. The van der Waals surface area contributed by atoms with Gasteiger partial charge in [0.05, 0.1) is 18.3 Å². The van der Waals surface area contributed by atoms with E-state index in [9.17, 15) is 20.1 Å². The van der Waals surface area contributed by atoms with Crippen LogP contribution in [0.5, 0.6) is 0 Å². The molecule has 1 rings (SSSR count). The van der Waals surface area contributed by atoms with E-state index in [0.29, 0.717) is 25.7 Å². The number of aliphatic hydroxyl groups excluding tert-OH is 3. The Morgan fingerprint density at radius 1 is 1.16 bits per heavy atom. The van der Waals surface area contributed by atoms with Gasteiger partial charge in [-0.3, -0.25) is 4.79 Å². The molecule has 25 heavy (non-hydrogen) atoms. The third kappa shape index (κ3) is 8.66. The quantitative estimate of drug-likeness (QED) is 0.319. The fraction of sp³-hybridized carbons (Fsp3) is 0.750. The molecular weight excluding hydrogens is 320 g/mol. The first-order chi connectivity index (χ1) is 12.0. The Kier molecular flexibility index (Phi) is 10.7. The van der Waals surface area contributed by atoms with Crippen LogP contribution in [0.25, 0.3) is 0 Å². The van der Waals surface area contributed by atoms with Crippen LogP contribution >= 0.6 is 0 Å². The summed E-state index contributed by atoms with van der Waals surface area (Å²) in [5, 5.41) is 38.9. The molecule has 144 valence electrons. The number of carboxylic acid groups (broad SMARTS) is 1. The van der Waals surface area contributed by atoms with Crippen molar-refractivity contribution in [3.63, 3.8) is 0 Å². The number of aliphatic hydroxyl groups is 3. The zero-order valence-electron chi connectivity index (χ0n) is 15.3. The predicted octanol–water partition coefficient (Wildman–Crippen LogP) is 3.04. The fourth-order valence-corrected chi connectivity index (χ4v) is 3.41. The van der Waals surface area contributed by atoms with Crippen molar-refractivity contribution in [2.45, 2.75) is 83.0 Å². The summed E-state index contributed by atoms with van der Waals surface area (Å²) in [6.45, 7) is 2.17. The van der Waals surface area contributed by atoms with Crippen molar-refractivity contribution in [2.24, 2.45) is 11.8 Å². The Morgan fingerprint density at radius 3 is 2.60 bits per heavy atom. The van der Waals surface area contributed by atoms with Gasteiger partial charge in [0.1, 0.15) is 0 Å². The molecule has 0 spiro atoms. The van der Waals surface area contributed by atoms with Crippen molar-refractivity contribution in [2.75, 3.05) is 0 Å². The van der Waals surface area contributed by atoms with Crippen molar-refractivity contribution in [3.8, 4) is 0 Å². The van der Waals surface area contributed by atoms with Gasteiger partial charge in [-0.1, -0.05) is 44.1 Å². The maximum absolute atomic E-state index is 10.5. The van der Waals surface area contributed by atoms with Crippen molar-refractivity contribution in [1.29, 1.82) is 0 Å². The van der Waals surface area contributed by atoms with Crippen molar-refractivity contribution < 1.29 is 25.2 Å². The van der Waals surface area contributed by atoms with Gasteiger partial charge in [-0.05, 0) is 38.0 Å². The van der Waals surface area contributed by atoms with E-state index in [2.05, 4.69) is 19.1 Å². The smallest absolute Gasteiger partial charge is 0.303 e. The highest BCUT2D eigenvalue weighted by Gasteiger charge is 2.39. The average Bonchev–Trinajstić information content (AvgIpc) is 2.81. The minimum absolute atomic E-state index is 0.0418. The van der Waals surface area contributed by atoms with Crippen molar-refractivity contribution >= 4 is 5.97 Å². The van der Waals surface area contributed by atoms with Crippen LogP contribution in [-0.2, 0) is 4.79 Å². The van der Waals surface area contributed by atoms with Crippen LogP contribution in [-0.4, -0.2) is 44.7 Å². The number of hydrogen-bond acceptors (Lipinski definition) is 4. The van der Waals surface area contributed by atoms with E-state index >= 15 is 0 Å². The molecule has 5 atom stereocenters. The van der Waals surface area contributed by atoms with Crippen LogP contribution in [0.2, 0.25) is 0 Å². The molecule has 1 saturated carbocycles. The summed E-state index contributed by atoms with van der Waals surface area (Å²) in [6.07, 6.45) is 12.4. The highest BCUT2D eigenvalue weighted by atomic mass is 16.4. The summed E-state index contributed by atoms with van der Waals surface area (Å²) >= 11 is 0. The zero-order chi connectivity index (χ0) is 18.7. The van der Waals surface area contributed by atoms with Crippen molar-refractivity contribution in [1.82, 2.24) is 0 Å². The fourth-order valence-electron chi connectivity index (χ4n) is 3.41. The molecule has 0 aliphatic heterocycles. The largest absolute Gasteiger partial charge is 0.481 e. The van der Waals surface area contributed by atoms with Gasteiger partial charge in [0, 0.05) is 18.8 Å². The van der Waals surface area contributed by atoms with E-state index < -0.39 is 24.3 Å². The highest BCUT2D eigenvalue weighted by molar-refractivity contribution is 5.66. The molecule has 0 amide bonds. The molecule has 0 aromatic carbocycles. The number of unbranched alkanes of at least 4 members (excludes halogenated alkanes) is 3. The molecule has 1 aliphatic rings. The third-order valence-electron chi connectivity index (χ3n) is 4.91. The minimum Gasteiger partial charge on any atom is -0.481 e. The summed E-state index contributed by atoms with van der Waals surface area (Å²) in [6, 6.07) is 0. The van der Waals surface area contributed by atoms with E-state index in [1.165, 1.54) is 19.3 Å².